The molecule has 0 heterocycles. The Morgan fingerprint density at radius 1 is 1.35 bits per heavy atom. The van der Waals surface area contributed by atoms with E-state index in [1.54, 1.807) is 11.9 Å². The molecule has 0 bridgehead atoms. The summed E-state index contributed by atoms with van der Waals surface area (Å²) in [5, 5.41) is 8.61. The lowest BCUT2D eigenvalue weighted by atomic mass is 9.86. The van der Waals surface area contributed by atoms with E-state index in [-0.39, 0.29) is 18.4 Å². The van der Waals surface area contributed by atoms with Gasteiger partial charge in [-0.3, -0.25) is 9.59 Å². The molecule has 1 fully saturated rings. The van der Waals surface area contributed by atoms with Crippen molar-refractivity contribution in [2.45, 2.75) is 51.1 Å². The maximum atomic E-state index is 11.9. The summed E-state index contributed by atoms with van der Waals surface area (Å²) in [4.78, 5) is 24.0. The molecule has 1 aliphatic carbocycles. The normalized spacial score (nSPS) is 26.3. The molecule has 3 N–H and O–H groups in total. The zero-order chi connectivity index (χ0) is 13.0. The predicted octanol–water partition coefficient (Wildman–Crippen LogP) is 0.825. The minimum atomic E-state index is -1.03. The Morgan fingerprint density at radius 2 is 1.88 bits per heavy atom. The van der Waals surface area contributed by atoms with Crippen LogP contribution in [0.1, 0.15) is 39.0 Å². The van der Waals surface area contributed by atoms with Crippen LogP contribution in [0.2, 0.25) is 0 Å². The summed E-state index contributed by atoms with van der Waals surface area (Å²) in [6, 6.07) is -0.699. The van der Waals surface area contributed by atoms with Crippen molar-refractivity contribution in [3.05, 3.63) is 0 Å². The van der Waals surface area contributed by atoms with E-state index in [1.807, 2.05) is 0 Å². The number of likely N-dealkylation sites (N-methyl/N-ethyl adjacent to an activating group) is 1. The Bertz CT molecular complexity index is 285. The van der Waals surface area contributed by atoms with Crippen molar-refractivity contribution >= 4 is 11.9 Å². The molecule has 1 saturated carbocycles. The molecule has 98 valence electrons. The second-order valence-electron chi connectivity index (χ2n) is 5.07. The van der Waals surface area contributed by atoms with Crippen LogP contribution < -0.4 is 5.73 Å². The molecule has 0 aromatic carbocycles. The van der Waals surface area contributed by atoms with E-state index >= 15 is 0 Å². The van der Waals surface area contributed by atoms with Crippen LogP contribution >= 0.6 is 0 Å². The van der Waals surface area contributed by atoms with Gasteiger partial charge in [-0.05, 0) is 31.6 Å². The Kier molecular flexibility index (Phi) is 4.93. The van der Waals surface area contributed by atoms with Gasteiger partial charge in [-0.25, -0.2) is 0 Å². The number of carboxylic acids is 1. The van der Waals surface area contributed by atoms with Gasteiger partial charge in [-0.2, -0.15) is 0 Å². The monoisotopic (exact) mass is 242 g/mol. The SMILES string of the molecule is CC1CCC(N(C)C(=O)C(N)CC(=O)O)CC1. The van der Waals surface area contributed by atoms with Crippen molar-refractivity contribution in [3.8, 4) is 0 Å². The third kappa shape index (κ3) is 4.00. The van der Waals surface area contributed by atoms with Crippen molar-refractivity contribution < 1.29 is 14.7 Å². The minimum absolute atomic E-state index is 0.221. The van der Waals surface area contributed by atoms with Gasteiger partial charge < -0.3 is 15.7 Å². The van der Waals surface area contributed by atoms with E-state index in [0.717, 1.165) is 31.6 Å². The highest BCUT2D eigenvalue weighted by Crippen LogP contribution is 2.26. The molecule has 1 unspecified atom stereocenters. The zero-order valence-electron chi connectivity index (χ0n) is 10.6. The van der Waals surface area contributed by atoms with Gasteiger partial charge in [0.2, 0.25) is 5.91 Å². The third-order valence-electron chi connectivity index (χ3n) is 3.59. The number of nitrogens with two attached hydrogens (primary N) is 1. The number of amides is 1. The van der Waals surface area contributed by atoms with E-state index in [1.165, 1.54) is 0 Å². The van der Waals surface area contributed by atoms with Crippen LogP contribution in [0.5, 0.6) is 0 Å². The third-order valence-corrected chi connectivity index (χ3v) is 3.59. The van der Waals surface area contributed by atoms with Gasteiger partial charge in [-0.1, -0.05) is 6.92 Å². The number of aliphatic carboxylic acids is 1. The lowest BCUT2D eigenvalue weighted by Gasteiger charge is -2.34. The molecule has 0 aliphatic heterocycles. The van der Waals surface area contributed by atoms with Crippen molar-refractivity contribution in [3.63, 3.8) is 0 Å². The van der Waals surface area contributed by atoms with Crippen molar-refractivity contribution in [2.75, 3.05) is 7.05 Å². The molecular formula is C12H22N2O3. The number of carbonyl (C=O) groups excluding carboxylic acids is 1. The van der Waals surface area contributed by atoms with Crippen molar-refractivity contribution in [1.82, 2.24) is 4.90 Å². The molecule has 0 radical (unpaired) electrons. The molecule has 1 aliphatic rings. The van der Waals surface area contributed by atoms with Crippen LogP contribution in [0, 0.1) is 5.92 Å². The van der Waals surface area contributed by atoms with E-state index in [9.17, 15) is 9.59 Å². The van der Waals surface area contributed by atoms with Gasteiger partial charge in [0.25, 0.3) is 0 Å². The van der Waals surface area contributed by atoms with Crippen LogP contribution in [-0.2, 0) is 9.59 Å². The molecule has 0 aromatic heterocycles. The second kappa shape index (κ2) is 6.00. The van der Waals surface area contributed by atoms with Gasteiger partial charge >= 0.3 is 5.97 Å². The number of nitrogens with zero attached hydrogens (tertiary/aromatic N) is 1. The van der Waals surface area contributed by atoms with Gasteiger partial charge in [0.1, 0.15) is 0 Å². The number of rotatable bonds is 4. The fourth-order valence-corrected chi connectivity index (χ4v) is 2.35. The van der Waals surface area contributed by atoms with Crippen molar-refractivity contribution in [2.24, 2.45) is 11.7 Å². The Labute approximate surface area is 102 Å². The zero-order valence-corrected chi connectivity index (χ0v) is 10.6. The molecule has 0 aromatic rings. The smallest absolute Gasteiger partial charge is 0.305 e. The molecule has 5 nitrogen and oxygen atoms in total. The van der Waals surface area contributed by atoms with Crippen LogP contribution in [-0.4, -0.2) is 41.0 Å². The van der Waals surface area contributed by atoms with E-state index in [0.29, 0.717) is 0 Å². The topological polar surface area (TPSA) is 83.6 Å². The average molecular weight is 242 g/mol. The Hall–Kier alpha value is -1.10. The van der Waals surface area contributed by atoms with Crippen LogP contribution in [0.15, 0.2) is 0 Å². The van der Waals surface area contributed by atoms with E-state index in [4.69, 9.17) is 10.8 Å². The summed E-state index contributed by atoms with van der Waals surface area (Å²) >= 11 is 0. The molecule has 1 atom stereocenters. The molecule has 17 heavy (non-hydrogen) atoms. The van der Waals surface area contributed by atoms with Gasteiger partial charge in [-0.15, -0.1) is 0 Å². The first-order valence-electron chi connectivity index (χ1n) is 6.16. The van der Waals surface area contributed by atoms with Crippen LogP contribution in [0.3, 0.4) is 0 Å². The largest absolute Gasteiger partial charge is 0.481 e. The first kappa shape index (κ1) is 14.0. The lowest BCUT2D eigenvalue weighted by Crippen LogP contribution is -2.48. The van der Waals surface area contributed by atoms with Crippen LogP contribution in [0.25, 0.3) is 0 Å². The van der Waals surface area contributed by atoms with Gasteiger partial charge in [0.05, 0.1) is 12.5 Å². The summed E-state index contributed by atoms with van der Waals surface area (Å²) in [5.74, 6) is -0.564. The Balaban J connectivity index is 2.48. The molecule has 0 spiro atoms. The van der Waals surface area contributed by atoms with Crippen molar-refractivity contribution in [1.29, 1.82) is 0 Å². The van der Waals surface area contributed by atoms with E-state index < -0.39 is 12.0 Å². The highest BCUT2D eigenvalue weighted by atomic mass is 16.4. The Morgan fingerprint density at radius 3 is 2.35 bits per heavy atom. The second-order valence-corrected chi connectivity index (χ2v) is 5.07. The highest BCUT2D eigenvalue weighted by Gasteiger charge is 2.28. The molecular weight excluding hydrogens is 220 g/mol. The number of carboxylic acid groups (broad SMARTS) is 1. The first-order chi connectivity index (χ1) is 7.91. The predicted molar refractivity (Wildman–Crippen MR) is 64.4 cm³/mol. The molecule has 1 amide bonds. The average Bonchev–Trinajstić information content (AvgIpc) is 2.27. The summed E-state index contributed by atoms with van der Waals surface area (Å²) in [7, 11) is 1.73. The minimum Gasteiger partial charge on any atom is -0.481 e. The standard InChI is InChI=1S/C12H22N2O3/c1-8-3-5-9(6-4-8)14(2)12(17)10(13)7-11(15)16/h8-10H,3-7,13H2,1-2H3,(H,15,16). The van der Waals surface area contributed by atoms with Crippen LogP contribution in [0.4, 0.5) is 0 Å². The number of hydrogen-bond donors (Lipinski definition) is 2. The first-order valence-corrected chi connectivity index (χ1v) is 6.16. The van der Waals surface area contributed by atoms with Gasteiger partial charge in [0, 0.05) is 13.1 Å². The summed E-state index contributed by atoms with van der Waals surface area (Å²) in [6.45, 7) is 2.22. The summed E-state index contributed by atoms with van der Waals surface area (Å²) in [5.41, 5.74) is 5.58. The lowest BCUT2D eigenvalue weighted by molar-refractivity contribution is -0.142. The maximum Gasteiger partial charge on any atom is 0.305 e. The molecule has 1 rings (SSSR count). The number of carbonyl (C=O) groups is 2. The molecule has 0 saturated heterocycles. The summed E-state index contributed by atoms with van der Waals surface area (Å²) < 4.78 is 0. The highest BCUT2D eigenvalue weighted by molar-refractivity contribution is 5.86. The number of hydrogen-bond acceptors (Lipinski definition) is 3. The molecule has 5 heteroatoms. The maximum absolute atomic E-state index is 11.9. The fraction of sp³-hybridized carbons (Fsp3) is 0.833. The quantitative estimate of drug-likeness (QED) is 0.764. The summed E-state index contributed by atoms with van der Waals surface area (Å²) in [6.07, 6.45) is 3.92. The van der Waals surface area contributed by atoms with Gasteiger partial charge in [0.15, 0.2) is 0 Å². The fourth-order valence-electron chi connectivity index (χ4n) is 2.35. The van der Waals surface area contributed by atoms with E-state index in [2.05, 4.69) is 6.92 Å².